The van der Waals surface area contributed by atoms with Crippen molar-refractivity contribution in [3.63, 3.8) is 0 Å². The molecule has 0 fully saturated rings. The van der Waals surface area contributed by atoms with Crippen LogP contribution in [0.25, 0.3) is 0 Å². The topological polar surface area (TPSA) is 13.1 Å². The van der Waals surface area contributed by atoms with E-state index in [1.54, 1.807) is 0 Å². The van der Waals surface area contributed by atoms with Crippen LogP contribution in [0.15, 0.2) is 16.9 Å². The van der Waals surface area contributed by atoms with Gasteiger partial charge in [0, 0.05) is 0 Å². The normalized spacial score (nSPS) is 10.9. The molecule has 0 saturated heterocycles. The zero-order valence-corrected chi connectivity index (χ0v) is 11.6. The fourth-order valence-corrected chi connectivity index (χ4v) is 2.27. The monoisotopic (exact) mass is 236 g/mol. The van der Waals surface area contributed by atoms with Crippen molar-refractivity contribution in [2.75, 3.05) is 0 Å². The van der Waals surface area contributed by atoms with Crippen LogP contribution in [-0.2, 0) is 12.8 Å². The molecule has 1 aromatic rings. The van der Waals surface area contributed by atoms with Crippen LogP contribution in [0.4, 0.5) is 0 Å². The Bertz CT molecular complexity index is 248. The molecule has 17 heavy (non-hydrogen) atoms. The van der Waals surface area contributed by atoms with Crippen LogP contribution >= 0.6 is 0 Å². The molecule has 0 N–H and O–H groups in total. The molecule has 0 spiro atoms. The highest BCUT2D eigenvalue weighted by Gasteiger charge is 2.04. The SMILES string of the molecule is CCCCCCc1cocc1CCCCCC. The van der Waals surface area contributed by atoms with Crippen molar-refractivity contribution in [2.45, 2.75) is 78.1 Å². The van der Waals surface area contributed by atoms with Gasteiger partial charge < -0.3 is 4.42 Å². The van der Waals surface area contributed by atoms with E-state index in [2.05, 4.69) is 13.8 Å². The number of furan rings is 1. The summed E-state index contributed by atoms with van der Waals surface area (Å²) in [5, 5.41) is 0. The molecule has 0 aliphatic rings. The summed E-state index contributed by atoms with van der Waals surface area (Å²) < 4.78 is 5.36. The molecule has 1 rings (SSSR count). The van der Waals surface area contributed by atoms with Gasteiger partial charge in [-0.15, -0.1) is 0 Å². The van der Waals surface area contributed by atoms with Gasteiger partial charge in [-0.3, -0.25) is 0 Å². The number of hydrogen-bond donors (Lipinski definition) is 0. The van der Waals surface area contributed by atoms with Crippen LogP contribution in [0.1, 0.15) is 76.3 Å². The largest absolute Gasteiger partial charge is 0.472 e. The lowest BCUT2D eigenvalue weighted by atomic mass is 10.0. The summed E-state index contributed by atoms with van der Waals surface area (Å²) in [6.07, 6.45) is 17.0. The summed E-state index contributed by atoms with van der Waals surface area (Å²) in [4.78, 5) is 0. The Hall–Kier alpha value is -0.720. The molecular weight excluding hydrogens is 208 g/mol. The Kier molecular flexibility index (Phi) is 7.87. The van der Waals surface area contributed by atoms with Gasteiger partial charge in [0.05, 0.1) is 12.5 Å². The van der Waals surface area contributed by atoms with E-state index < -0.39 is 0 Å². The van der Waals surface area contributed by atoms with Crippen molar-refractivity contribution >= 4 is 0 Å². The van der Waals surface area contributed by atoms with E-state index in [9.17, 15) is 0 Å². The van der Waals surface area contributed by atoms with Gasteiger partial charge in [-0.2, -0.15) is 0 Å². The van der Waals surface area contributed by atoms with Gasteiger partial charge in [-0.05, 0) is 36.8 Å². The predicted octanol–water partition coefficient (Wildman–Crippen LogP) is 5.53. The fourth-order valence-electron chi connectivity index (χ4n) is 2.27. The summed E-state index contributed by atoms with van der Waals surface area (Å²) in [5.41, 5.74) is 2.91. The molecule has 0 aliphatic carbocycles. The molecule has 1 heterocycles. The average molecular weight is 236 g/mol. The summed E-state index contributed by atoms with van der Waals surface area (Å²) >= 11 is 0. The summed E-state index contributed by atoms with van der Waals surface area (Å²) in [7, 11) is 0. The van der Waals surface area contributed by atoms with E-state index in [0.717, 1.165) is 0 Å². The molecule has 0 aliphatic heterocycles. The second-order valence-electron chi connectivity index (χ2n) is 5.04. The Morgan fingerprint density at radius 2 is 1.18 bits per heavy atom. The van der Waals surface area contributed by atoms with Crippen LogP contribution in [-0.4, -0.2) is 0 Å². The second kappa shape index (κ2) is 9.32. The van der Waals surface area contributed by atoms with E-state index in [-0.39, 0.29) is 0 Å². The van der Waals surface area contributed by atoms with E-state index >= 15 is 0 Å². The van der Waals surface area contributed by atoms with Crippen molar-refractivity contribution in [3.8, 4) is 0 Å². The Labute approximate surface area is 107 Å². The lowest BCUT2D eigenvalue weighted by molar-refractivity contribution is 0.558. The predicted molar refractivity (Wildman–Crippen MR) is 74.4 cm³/mol. The van der Waals surface area contributed by atoms with Crippen LogP contribution in [0, 0.1) is 0 Å². The highest BCUT2D eigenvalue weighted by atomic mass is 16.3. The number of hydrogen-bond acceptors (Lipinski definition) is 1. The minimum Gasteiger partial charge on any atom is -0.472 e. The molecule has 0 aromatic carbocycles. The molecule has 0 bridgehead atoms. The molecule has 0 amide bonds. The van der Waals surface area contributed by atoms with Gasteiger partial charge >= 0.3 is 0 Å². The van der Waals surface area contributed by atoms with Crippen molar-refractivity contribution in [2.24, 2.45) is 0 Å². The van der Waals surface area contributed by atoms with E-state index in [1.165, 1.54) is 75.3 Å². The van der Waals surface area contributed by atoms with E-state index in [1.807, 2.05) is 12.5 Å². The molecule has 0 saturated carbocycles. The fraction of sp³-hybridized carbons (Fsp3) is 0.750. The maximum Gasteiger partial charge on any atom is 0.0937 e. The third-order valence-corrected chi connectivity index (χ3v) is 3.43. The third kappa shape index (κ3) is 5.95. The molecule has 0 atom stereocenters. The first-order valence-electron chi connectivity index (χ1n) is 7.42. The van der Waals surface area contributed by atoms with Crippen LogP contribution in [0.5, 0.6) is 0 Å². The first-order valence-corrected chi connectivity index (χ1v) is 7.42. The summed E-state index contributed by atoms with van der Waals surface area (Å²) in [6.45, 7) is 4.52. The first-order chi connectivity index (χ1) is 8.38. The Morgan fingerprint density at radius 1 is 0.706 bits per heavy atom. The van der Waals surface area contributed by atoms with Gasteiger partial charge in [0.2, 0.25) is 0 Å². The van der Waals surface area contributed by atoms with E-state index in [4.69, 9.17) is 4.42 Å². The molecule has 1 heteroatoms. The smallest absolute Gasteiger partial charge is 0.0937 e. The van der Waals surface area contributed by atoms with Crippen molar-refractivity contribution in [1.82, 2.24) is 0 Å². The lowest BCUT2D eigenvalue weighted by Gasteiger charge is -2.03. The lowest BCUT2D eigenvalue weighted by Crippen LogP contribution is -1.91. The molecule has 0 radical (unpaired) electrons. The molecule has 98 valence electrons. The minimum atomic E-state index is 1.21. The molecule has 0 unspecified atom stereocenters. The average Bonchev–Trinajstić information content (AvgIpc) is 2.78. The minimum absolute atomic E-state index is 1.21. The van der Waals surface area contributed by atoms with Crippen molar-refractivity contribution in [1.29, 1.82) is 0 Å². The zero-order chi connectivity index (χ0) is 12.3. The van der Waals surface area contributed by atoms with Gasteiger partial charge in [-0.1, -0.05) is 52.4 Å². The zero-order valence-electron chi connectivity index (χ0n) is 11.6. The Morgan fingerprint density at radius 3 is 1.59 bits per heavy atom. The number of rotatable bonds is 10. The van der Waals surface area contributed by atoms with Crippen LogP contribution < -0.4 is 0 Å². The standard InChI is InChI=1S/C16H28O/c1-3-5-7-9-11-15-13-17-14-16(15)12-10-8-6-4-2/h13-14H,3-12H2,1-2H3. The van der Waals surface area contributed by atoms with Gasteiger partial charge in [0.15, 0.2) is 0 Å². The maximum atomic E-state index is 5.36. The molecule has 1 nitrogen and oxygen atoms in total. The second-order valence-corrected chi connectivity index (χ2v) is 5.04. The van der Waals surface area contributed by atoms with Gasteiger partial charge in [0.1, 0.15) is 0 Å². The third-order valence-electron chi connectivity index (χ3n) is 3.43. The molecule has 1 aromatic heterocycles. The van der Waals surface area contributed by atoms with Gasteiger partial charge in [-0.25, -0.2) is 0 Å². The Balaban J connectivity index is 2.22. The highest BCUT2D eigenvalue weighted by Crippen LogP contribution is 2.17. The van der Waals surface area contributed by atoms with Gasteiger partial charge in [0.25, 0.3) is 0 Å². The van der Waals surface area contributed by atoms with Crippen molar-refractivity contribution in [3.05, 3.63) is 23.7 Å². The summed E-state index contributed by atoms with van der Waals surface area (Å²) in [5.74, 6) is 0. The molecular formula is C16H28O. The number of aryl methyl sites for hydroxylation is 2. The first kappa shape index (κ1) is 14.3. The number of unbranched alkanes of at least 4 members (excludes halogenated alkanes) is 6. The van der Waals surface area contributed by atoms with Crippen LogP contribution in [0.2, 0.25) is 0 Å². The van der Waals surface area contributed by atoms with Crippen LogP contribution in [0.3, 0.4) is 0 Å². The quantitative estimate of drug-likeness (QED) is 0.487. The van der Waals surface area contributed by atoms with Crippen molar-refractivity contribution < 1.29 is 4.42 Å². The summed E-state index contributed by atoms with van der Waals surface area (Å²) in [6, 6.07) is 0. The highest BCUT2D eigenvalue weighted by molar-refractivity contribution is 5.21. The van der Waals surface area contributed by atoms with E-state index in [0.29, 0.717) is 0 Å². The maximum absolute atomic E-state index is 5.36.